The van der Waals surface area contributed by atoms with Crippen molar-refractivity contribution in [2.75, 3.05) is 0 Å². The van der Waals surface area contributed by atoms with E-state index >= 15 is 0 Å². The third-order valence-corrected chi connectivity index (χ3v) is 4.05. The lowest BCUT2D eigenvalue weighted by Crippen LogP contribution is -2.32. The van der Waals surface area contributed by atoms with Crippen LogP contribution >= 0.6 is 11.6 Å². The van der Waals surface area contributed by atoms with Crippen LogP contribution in [0.3, 0.4) is 0 Å². The molecule has 0 aromatic heterocycles. The summed E-state index contributed by atoms with van der Waals surface area (Å²) in [7, 11) is 0. The quantitative estimate of drug-likeness (QED) is 0.743. The Balaban J connectivity index is 2.37. The first-order valence-corrected chi connectivity index (χ1v) is 6.89. The van der Waals surface area contributed by atoms with Crippen molar-refractivity contribution in [3.05, 3.63) is 27.8 Å². The summed E-state index contributed by atoms with van der Waals surface area (Å²) in [5.41, 5.74) is 8.17. The van der Waals surface area contributed by atoms with Gasteiger partial charge in [0.25, 0.3) is 0 Å². The van der Waals surface area contributed by atoms with Crippen LogP contribution in [0.1, 0.15) is 36.0 Å². The van der Waals surface area contributed by atoms with Crippen molar-refractivity contribution in [2.45, 2.75) is 44.6 Å². The topological polar surface area (TPSA) is 83.5 Å². The number of aryl methyl sites for hydroxylation is 1. The van der Waals surface area contributed by atoms with Crippen LogP contribution in [0.4, 0.5) is 0 Å². The SMILES string of the molecule is NC(Cc1cc2c(c(Cl)c1O)CCCCC2)C(=O)O. The molecule has 4 nitrogen and oxygen atoms in total. The zero-order chi connectivity index (χ0) is 14.0. The van der Waals surface area contributed by atoms with E-state index in [0.29, 0.717) is 10.6 Å². The fourth-order valence-electron chi connectivity index (χ4n) is 2.56. The number of benzene rings is 1. The molecular formula is C14H18ClNO3. The van der Waals surface area contributed by atoms with Crippen LogP contribution in [-0.4, -0.2) is 22.2 Å². The van der Waals surface area contributed by atoms with Gasteiger partial charge in [0.05, 0.1) is 5.02 Å². The number of carboxylic acids is 1. The molecule has 5 heteroatoms. The van der Waals surface area contributed by atoms with E-state index in [0.717, 1.165) is 43.2 Å². The molecule has 4 N–H and O–H groups in total. The minimum Gasteiger partial charge on any atom is -0.506 e. The monoisotopic (exact) mass is 283 g/mol. The van der Waals surface area contributed by atoms with Crippen LogP contribution in [0.25, 0.3) is 0 Å². The number of hydrogen-bond acceptors (Lipinski definition) is 3. The first-order chi connectivity index (χ1) is 9.00. The summed E-state index contributed by atoms with van der Waals surface area (Å²) in [4.78, 5) is 10.8. The van der Waals surface area contributed by atoms with E-state index in [4.69, 9.17) is 22.4 Å². The number of carboxylic acid groups (broad SMARTS) is 1. The van der Waals surface area contributed by atoms with Gasteiger partial charge in [-0.25, -0.2) is 0 Å². The summed E-state index contributed by atoms with van der Waals surface area (Å²) in [5, 5.41) is 19.3. The Morgan fingerprint density at radius 2 is 2.05 bits per heavy atom. The second-order valence-electron chi connectivity index (χ2n) is 5.05. The Hall–Kier alpha value is -1.26. The molecule has 0 saturated heterocycles. The predicted molar refractivity (Wildman–Crippen MR) is 73.7 cm³/mol. The molecule has 0 amide bonds. The van der Waals surface area contributed by atoms with Gasteiger partial charge in [-0.3, -0.25) is 4.79 Å². The molecule has 0 fully saturated rings. The first kappa shape index (κ1) is 14.2. The second kappa shape index (κ2) is 5.80. The highest BCUT2D eigenvalue weighted by Crippen LogP contribution is 2.37. The molecule has 0 saturated carbocycles. The Kier molecular flexibility index (Phi) is 4.32. The standard InChI is InChI=1S/C14H18ClNO3/c15-12-10-5-3-1-2-4-8(10)6-9(13(12)17)7-11(16)14(18)19/h6,11,17H,1-5,7,16H2,(H,18,19). The van der Waals surface area contributed by atoms with Gasteiger partial charge in [0, 0.05) is 6.42 Å². The van der Waals surface area contributed by atoms with E-state index in [9.17, 15) is 9.90 Å². The maximum absolute atomic E-state index is 10.8. The third-order valence-electron chi connectivity index (χ3n) is 3.64. The Bertz CT molecular complexity index is 502. The smallest absolute Gasteiger partial charge is 0.320 e. The molecule has 1 aromatic rings. The van der Waals surface area contributed by atoms with Gasteiger partial charge in [0.2, 0.25) is 0 Å². The van der Waals surface area contributed by atoms with Gasteiger partial charge in [-0.2, -0.15) is 0 Å². The molecule has 2 rings (SSSR count). The van der Waals surface area contributed by atoms with Gasteiger partial charge >= 0.3 is 5.97 Å². The summed E-state index contributed by atoms with van der Waals surface area (Å²) >= 11 is 6.21. The molecule has 1 aliphatic rings. The number of fused-ring (bicyclic) bond motifs is 1. The maximum Gasteiger partial charge on any atom is 0.320 e. The molecule has 0 bridgehead atoms. The summed E-state index contributed by atoms with van der Waals surface area (Å²) in [6, 6.07) is 0.843. The zero-order valence-electron chi connectivity index (χ0n) is 10.7. The fraction of sp³-hybridized carbons (Fsp3) is 0.500. The van der Waals surface area contributed by atoms with Crippen molar-refractivity contribution >= 4 is 17.6 Å². The van der Waals surface area contributed by atoms with E-state index in [2.05, 4.69) is 0 Å². The highest BCUT2D eigenvalue weighted by molar-refractivity contribution is 6.33. The average Bonchev–Trinajstić information content (AvgIpc) is 2.60. The largest absolute Gasteiger partial charge is 0.506 e. The van der Waals surface area contributed by atoms with E-state index < -0.39 is 12.0 Å². The summed E-state index contributed by atoms with van der Waals surface area (Å²) in [6.45, 7) is 0. The number of phenols is 1. The molecule has 104 valence electrons. The Labute approximate surface area is 117 Å². The van der Waals surface area contributed by atoms with Crippen molar-refractivity contribution in [2.24, 2.45) is 5.73 Å². The molecule has 1 aliphatic carbocycles. The molecule has 0 heterocycles. The van der Waals surface area contributed by atoms with Crippen LogP contribution in [0, 0.1) is 0 Å². The van der Waals surface area contributed by atoms with Crippen LogP contribution in [-0.2, 0) is 24.1 Å². The van der Waals surface area contributed by atoms with Crippen molar-refractivity contribution in [3.8, 4) is 5.75 Å². The van der Waals surface area contributed by atoms with E-state index in [1.54, 1.807) is 0 Å². The minimum atomic E-state index is -1.08. The second-order valence-corrected chi connectivity index (χ2v) is 5.42. The van der Waals surface area contributed by atoms with Gasteiger partial charge in [-0.15, -0.1) is 0 Å². The van der Waals surface area contributed by atoms with Gasteiger partial charge in [0.1, 0.15) is 11.8 Å². The van der Waals surface area contributed by atoms with Crippen molar-refractivity contribution in [3.63, 3.8) is 0 Å². The fourth-order valence-corrected chi connectivity index (χ4v) is 2.90. The molecule has 0 spiro atoms. The number of aliphatic carboxylic acids is 1. The lowest BCUT2D eigenvalue weighted by Gasteiger charge is -2.15. The molecule has 0 aliphatic heterocycles. The molecular weight excluding hydrogens is 266 g/mol. The first-order valence-electron chi connectivity index (χ1n) is 6.51. The molecule has 1 aromatic carbocycles. The number of rotatable bonds is 3. The van der Waals surface area contributed by atoms with E-state index in [1.165, 1.54) is 0 Å². The molecule has 1 unspecified atom stereocenters. The number of hydrogen-bond donors (Lipinski definition) is 3. The van der Waals surface area contributed by atoms with Gasteiger partial charge in [-0.1, -0.05) is 24.1 Å². The predicted octanol–water partition coefficient (Wildman–Crippen LogP) is 2.27. The minimum absolute atomic E-state index is 0.0148. The van der Waals surface area contributed by atoms with E-state index in [-0.39, 0.29) is 12.2 Å². The number of aromatic hydroxyl groups is 1. The lowest BCUT2D eigenvalue weighted by atomic mass is 9.96. The van der Waals surface area contributed by atoms with Crippen molar-refractivity contribution in [1.82, 2.24) is 0 Å². The normalized spacial score (nSPS) is 16.5. The lowest BCUT2D eigenvalue weighted by molar-refractivity contribution is -0.138. The van der Waals surface area contributed by atoms with Crippen LogP contribution in [0.15, 0.2) is 6.07 Å². The maximum atomic E-state index is 10.8. The average molecular weight is 284 g/mol. The number of carbonyl (C=O) groups is 1. The molecule has 1 atom stereocenters. The molecule has 0 radical (unpaired) electrons. The third kappa shape index (κ3) is 3.01. The molecule has 19 heavy (non-hydrogen) atoms. The Morgan fingerprint density at radius 1 is 1.37 bits per heavy atom. The van der Waals surface area contributed by atoms with Gasteiger partial charge < -0.3 is 15.9 Å². The Morgan fingerprint density at radius 3 is 2.74 bits per heavy atom. The highest BCUT2D eigenvalue weighted by Gasteiger charge is 2.21. The van der Waals surface area contributed by atoms with Crippen LogP contribution in [0.5, 0.6) is 5.75 Å². The van der Waals surface area contributed by atoms with Crippen LogP contribution < -0.4 is 5.73 Å². The van der Waals surface area contributed by atoms with Gasteiger partial charge in [-0.05, 0) is 42.4 Å². The van der Waals surface area contributed by atoms with E-state index in [1.807, 2.05) is 6.07 Å². The zero-order valence-corrected chi connectivity index (χ0v) is 11.4. The summed E-state index contributed by atoms with van der Waals surface area (Å²) < 4.78 is 0. The van der Waals surface area contributed by atoms with Crippen molar-refractivity contribution < 1.29 is 15.0 Å². The number of phenolic OH excluding ortho intramolecular Hbond substituents is 1. The summed E-state index contributed by atoms with van der Waals surface area (Å²) in [6.07, 6.45) is 5.19. The summed E-state index contributed by atoms with van der Waals surface area (Å²) in [5.74, 6) is -1.09. The van der Waals surface area contributed by atoms with Crippen molar-refractivity contribution in [1.29, 1.82) is 0 Å². The highest BCUT2D eigenvalue weighted by atomic mass is 35.5. The number of nitrogens with two attached hydrogens (primary N) is 1. The van der Waals surface area contributed by atoms with Crippen LogP contribution in [0.2, 0.25) is 5.02 Å². The van der Waals surface area contributed by atoms with Gasteiger partial charge in [0.15, 0.2) is 0 Å². The number of halogens is 1.